The molecule has 0 aliphatic carbocycles. The van der Waals surface area contributed by atoms with Crippen molar-refractivity contribution in [2.75, 3.05) is 18.6 Å². The van der Waals surface area contributed by atoms with E-state index in [0.29, 0.717) is 29.9 Å². The number of rotatable bonds is 9. The topological polar surface area (TPSA) is 74.0 Å². The molecule has 1 unspecified atom stereocenters. The van der Waals surface area contributed by atoms with Gasteiger partial charge in [-0.3, -0.25) is 0 Å². The lowest BCUT2D eigenvalue weighted by atomic mass is 10.2. The number of nitrogens with one attached hydrogen (secondary N) is 3. The van der Waals surface area contributed by atoms with Crippen LogP contribution in [0.3, 0.4) is 0 Å². The average molecular weight is 319 g/mol. The Hall–Kier alpha value is -0.500. The van der Waals surface area contributed by atoms with Gasteiger partial charge in [0.15, 0.2) is 0 Å². The fourth-order valence-electron chi connectivity index (χ4n) is 1.67. The van der Waals surface area contributed by atoms with Crippen LogP contribution in [0.15, 0.2) is 17.2 Å². The molecule has 0 saturated heterocycles. The van der Waals surface area contributed by atoms with Crippen LogP contribution >= 0.6 is 11.8 Å². The lowest BCUT2D eigenvalue weighted by molar-refractivity contribution is 0.562. The van der Waals surface area contributed by atoms with Gasteiger partial charge in [0.2, 0.25) is 10.0 Å². The molecule has 1 aromatic rings. The first-order valence-corrected chi connectivity index (χ1v) is 9.62. The highest BCUT2D eigenvalue weighted by Crippen LogP contribution is 2.12. The number of aromatic nitrogens is 1. The summed E-state index contributed by atoms with van der Waals surface area (Å²) >= 11 is 1.72. The standard InChI is InChI=1S/C13H25N3O2S2/c1-10(2)14-7-12-5-13(8-15-12)20(17,18)16-6-11(3)9-19-4/h5,8,10-11,14-16H,6-7,9H2,1-4H3. The van der Waals surface area contributed by atoms with E-state index < -0.39 is 10.0 Å². The van der Waals surface area contributed by atoms with Gasteiger partial charge in [-0.2, -0.15) is 11.8 Å². The molecule has 1 aromatic heterocycles. The molecule has 0 saturated carbocycles. The van der Waals surface area contributed by atoms with Gasteiger partial charge < -0.3 is 10.3 Å². The second-order valence-electron chi connectivity index (χ2n) is 5.31. The van der Waals surface area contributed by atoms with Crippen LogP contribution in [0.2, 0.25) is 0 Å². The van der Waals surface area contributed by atoms with E-state index in [9.17, 15) is 8.42 Å². The van der Waals surface area contributed by atoms with Gasteiger partial charge >= 0.3 is 0 Å². The van der Waals surface area contributed by atoms with Crippen LogP contribution in [0.5, 0.6) is 0 Å². The molecule has 3 N–H and O–H groups in total. The molecule has 1 rings (SSSR count). The maximum Gasteiger partial charge on any atom is 0.242 e. The zero-order chi connectivity index (χ0) is 15.2. The Kier molecular flexibility index (Phi) is 7.08. The Morgan fingerprint density at radius 1 is 1.35 bits per heavy atom. The van der Waals surface area contributed by atoms with Gasteiger partial charge in [-0.1, -0.05) is 20.8 Å². The molecule has 0 aliphatic rings. The first kappa shape index (κ1) is 17.6. The summed E-state index contributed by atoms with van der Waals surface area (Å²) in [5, 5.41) is 3.24. The quantitative estimate of drug-likeness (QED) is 0.649. The summed E-state index contributed by atoms with van der Waals surface area (Å²) in [5.41, 5.74) is 0.872. The van der Waals surface area contributed by atoms with Crippen molar-refractivity contribution in [2.24, 2.45) is 5.92 Å². The maximum atomic E-state index is 12.1. The van der Waals surface area contributed by atoms with E-state index in [0.717, 1.165) is 11.4 Å². The minimum absolute atomic E-state index is 0.300. The summed E-state index contributed by atoms with van der Waals surface area (Å²) in [5.74, 6) is 1.26. The van der Waals surface area contributed by atoms with Gasteiger partial charge in [-0.25, -0.2) is 13.1 Å². The van der Waals surface area contributed by atoms with Gasteiger partial charge in [0.25, 0.3) is 0 Å². The molecule has 0 radical (unpaired) electrons. The van der Waals surface area contributed by atoms with Crippen molar-refractivity contribution in [3.05, 3.63) is 18.0 Å². The Morgan fingerprint density at radius 3 is 2.65 bits per heavy atom. The van der Waals surface area contributed by atoms with E-state index in [1.165, 1.54) is 0 Å². The molecule has 116 valence electrons. The van der Waals surface area contributed by atoms with Crippen LogP contribution < -0.4 is 10.0 Å². The molecule has 0 amide bonds. The van der Waals surface area contributed by atoms with E-state index >= 15 is 0 Å². The summed E-state index contributed by atoms with van der Waals surface area (Å²) in [4.78, 5) is 3.29. The summed E-state index contributed by atoms with van der Waals surface area (Å²) in [6.45, 7) is 7.24. The minimum atomic E-state index is -3.41. The van der Waals surface area contributed by atoms with Crippen molar-refractivity contribution in [3.8, 4) is 0 Å². The van der Waals surface area contributed by atoms with E-state index in [4.69, 9.17) is 0 Å². The second-order valence-corrected chi connectivity index (χ2v) is 7.99. The van der Waals surface area contributed by atoms with Gasteiger partial charge in [-0.05, 0) is 24.0 Å². The van der Waals surface area contributed by atoms with Gasteiger partial charge in [0.05, 0.1) is 4.90 Å². The maximum absolute atomic E-state index is 12.1. The Bertz CT molecular complexity index is 497. The molecule has 0 spiro atoms. The monoisotopic (exact) mass is 319 g/mol. The van der Waals surface area contributed by atoms with Gasteiger partial charge in [0.1, 0.15) is 0 Å². The number of hydrogen-bond acceptors (Lipinski definition) is 4. The van der Waals surface area contributed by atoms with Gasteiger partial charge in [0, 0.05) is 31.0 Å². The molecule has 1 atom stereocenters. The van der Waals surface area contributed by atoms with E-state index in [2.05, 4.69) is 28.9 Å². The first-order chi connectivity index (χ1) is 9.35. The molecular formula is C13H25N3O2S2. The van der Waals surface area contributed by atoms with Crippen LogP contribution in [0.4, 0.5) is 0 Å². The fraction of sp³-hybridized carbons (Fsp3) is 0.692. The summed E-state index contributed by atoms with van der Waals surface area (Å²) in [6, 6.07) is 2.04. The normalized spacial score (nSPS) is 13.8. The molecule has 1 heterocycles. The number of sulfonamides is 1. The summed E-state index contributed by atoms with van der Waals surface area (Å²) in [7, 11) is -3.41. The van der Waals surface area contributed by atoms with Crippen LogP contribution in [0, 0.1) is 5.92 Å². The average Bonchev–Trinajstić information content (AvgIpc) is 2.84. The predicted octanol–water partition coefficient (Wildman–Crippen LogP) is 1.79. The third-order valence-electron chi connectivity index (χ3n) is 2.80. The van der Waals surface area contributed by atoms with E-state index in [1.807, 2.05) is 13.2 Å². The molecule has 20 heavy (non-hydrogen) atoms. The lowest BCUT2D eigenvalue weighted by Crippen LogP contribution is -2.29. The van der Waals surface area contributed by atoms with Crippen molar-refractivity contribution in [1.82, 2.24) is 15.0 Å². The molecule has 0 bridgehead atoms. The smallest absolute Gasteiger partial charge is 0.242 e. The van der Waals surface area contributed by atoms with Crippen molar-refractivity contribution in [2.45, 2.75) is 38.3 Å². The molecule has 5 nitrogen and oxygen atoms in total. The fourth-order valence-corrected chi connectivity index (χ4v) is 3.54. The Balaban J connectivity index is 2.59. The first-order valence-electron chi connectivity index (χ1n) is 6.74. The number of hydrogen-bond donors (Lipinski definition) is 3. The molecular weight excluding hydrogens is 294 g/mol. The Morgan fingerprint density at radius 2 is 2.05 bits per heavy atom. The SMILES string of the molecule is CSCC(C)CNS(=O)(=O)c1c[nH]c(CNC(C)C)c1. The molecule has 0 aliphatic heterocycles. The van der Waals surface area contributed by atoms with Crippen LogP contribution in [0.25, 0.3) is 0 Å². The Labute approximate surface area is 126 Å². The van der Waals surface area contributed by atoms with Crippen molar-refractivity contribution in [1.29, 1.82) is 0 Å². The molecule has 0 fully saturated rings. The van der Waals surface area contributed by atoms with Crippen LogP contribution in [-0.4, -0.2) is 38.0 Å². The summed E-state index contributed by atoms with van der Waals surface area (Å²) in [6.07, 6.45) is 3.56. The number of H-pyrrole nitrogens is 1. The third-order valence-corrected chi connectivity index (χ3v) is 5.11. The van der Waals surface area contributed by atoms with Gasteiger partial charge in [-0.15, -0.1) is 0 Å². The number of aromatic amines is 1. The predicted molar refractivity (Wildman–Crippen MR) is 85.5 cm³/mol. The van der Waals surface area contributed by atoms with Crippen molar-refractivity contribution >= 4 is 21.8 Å². The second kappa shape index (κ2) is 8.07. The molecule has 7 heteroatoms. The number of thioether (sulfide) groups is 1. The minimum Gasteiger partial charge on any atom is -0.363 e. The highest BCUT2D eigenvalue weighted by Gasteiger charge is 2.16. The van der Waals surface area contributed by atoms with Crippen molar-refractivity contribution in [3.63, 3.8) is 0 Å². The van der Waals surface area contributed by atoms with E-state index in [1.54, 1.807) is 24.0 Å². The summed E-state index contributed by atoms with van der Waals surface area (Å²) < 4.78 is 26.9. The molecule has 0 aromatic carbocycles. The third kappa shape index (κ3) is 5.87. The zero-order valence-corrected chi connectivity index (χ0v) is 14.2. The van der Waals surface area contributed by atoms with Crippen LogP contribution in [-0.2, 0) is 16.6 Å². The van der Waals surface area contributed by atoms with E-state index in [-0.39, 0.29) is 0 Å². The zero-order valence-electron chi connectivity index (χ0n) is 12.6. The lowest BCUT2D eigenvalue weighted by Gasteiger charge is -2.10. The highest BCUT2D eigenvalue weighted by molar-refractivity contribution is 7.98. The highest BCUT2D eigenvalue weighted by atomic mass is 32.2. The van der Waals surface area contributed by atoms with Crippen molar-refractivity contribution < 1.29 is 8.42 Å². The largest absolute Gasteiger partial charge is 0.363 e. The van der Waals surface area contributed by atoms with Crippen LogP contribution in [0.1, 0.15) is 26.5 Å².